The molecule has 1 fully saturated rings. The summed E-state index contributed by atoms with van der Waals surface area (Å²) in [5, 5.41) is 3.35. The van der Waals surface area contributed by atoms with Crippen LogP contribution in [0.4, 0.5) is 11.4 Å². The van der Waals surface area contributed by atoms with E-state index in [2.05, 4.69) is 5.32 Å². The van der Waals surface area contributed by atoms with Crippen molar-refractivity contribution in [2.45, 2.75) is 25.1 Å². The fourth-order valence-electron chi connectivity index (χ4n) is 3.56. The number of carbonyl (C=O) groups excluding carboxylic acids is 2. The van der Waals surface area contributed by atoms with Gasteiger partial charge in [-0.2, -0.15) is 0 Å². The van der Waals surface area contributed by atoms with Crippen LogP contribution >= 0.6 is 23.4 Å². The van der Waals surface area contributed by atoms with E-state index in [1.807, 2.05) is 43.3 Å². The lowest BCUT2D eigenvalue weighted by Gasteiger charge is -2.32. The van der Waals surface area contributed by atoms with Crippen LogP contribution in [-0.4, -0.2) is 40.8 Å². The third kappa shape index (κ3) is 6.59. The van der Waals surface area contributed by atoms with Crippen LogP contribution in [0.1, 0.15) is 18.9 Å². The highest BCUT2D eigenvalue weighted by atomic mass is 35.5. The summed E-state index contributed by atoms with van der Waals surface area (Å²) in [4.78, 5) is 32.7. The van der Waals surface area contributed by atoms with Gasteiger partial charge in [-0.3, -0.25) is 14.5 Å². The van der Waals surface area contributed by atoms with Gasteiger partial charge in [-0.25, -0.2) is 4.99 Å². The average molecular weight is 524 g/mol. The van der Waals surface area contributed by atoms with E-state index in [-0.39, 0.29) is 18.2 Å². The molecule has 0 radical (unpaired) electrons. The quantitative estimate of drug-likeness (QED) is 0.397. The first kappa shape index (κ1) is 25.6. The number of aliphatic imine (C=N–C) groups is 1. The van der Waals surface area contributed by atoms with Gasteiger partial charge in [-0.05, 0) is 73.2 Å². The van der Waals surface area contributed by atoms with Gasteiger partial charge in [-0.1, -0.05) is 35.5 Å². The summed E-state index contributed by atoms with van der Waals surface area (Å²) in [5.74, 6) is 0.994. The number of carbonyl (C=O) groups is 2. The maximum atomic E-state index is 13.2. The fourth-order valence-corrected chi connectivity index (χ4v) is 4.78. The number of nitrogens with one attached hydrogen (secondary N) is 1. The maximum Gasteiger partial charge on any atom is 0.238 e. The fraction of sp³-hybridized carbons (Fsp3) is 0.222. The standard InChI is InChI=1S/C27H26ClN3O4S/c1-3-35-23-14-10-21(11-15-23)30-27-31(17-18-4-6-19(28)7-5-18)25(32)16-24(36-27)26(33)29-20-8-12-22(34-2)13-9-20/h4-15,24H,3,16-17H2,1-2H3,(H,29,33)/t24-/m1/s1. The molecule has 0 bridgehead atoms. The Morgan fingerprint density at radius 3 is 2.36 bits per heavy atom. The Balaban J connectivity index is 1.57. The zero-order chi connectivity index (χ0) is 25.5. The number of benzene rings is 3. The van der Waals surface area contributed by atoms with E-state index >= 15 is 0 Å². The van der Waals surface area contributed by atoms with Crippen molar-refractivity contribution in [3.63, 3.8) is 0 Å². The Hall–Kier alpha value is -3.49. The van der Waals surface area contributed by atoms with Gasteiger partial charge in [0.1, 0.15) is 16.7 Å². The van der Waals surface area contributed by atoms with Gasteiger partial charge in [-0.15, -0.1) is 0 Å². The van der Waals surface area contributed by atoms with Crippen LogP contribution in [0, 0.1) is 0 Å². The minimum atomic E-state index is -0.623. The number of hydrogen-bond acceptors (Lipinski definition) is 6. The lowest BCUT2D eigenvalue weighted by atomic mass is 10.2. The van der Waals surface area contributed by atoms with Gasteiger partial charge < -0.3 is 14.8 Å². The molecule has 0 aromatic heterocycles. The minimum absolute atomic E-state index is 0.0581. The highest BCUT2D eigenvalue weighted by Gasteiger charge is 2.36. The first-order valence-electron chi connectivity index (χ1n) is 11.4. The van der Waals surface area contributed by atoms with Crippen LogP contribution in [-0.2, 0) is 16.1 Å². The molecule has 1 heterocycles. The molecule has 1 aliphatic heterocycles. The molecule has 9 heteroatoms. The number of halogens is 1. The molecular formula is C27H26ClN3O4S. The number of rotatable bonds is 8. The predicted octanol–water partition coefficient (Wildman–Crippen LogP) is 5.91. The average Bonchev–Trinajstić information content (AvgIpc) is 2.89. The second-order valence-electron chi connectivity index (χ2n) is 7.96. The first-order chi connectivity index (χ1) is 17.4. The normalized spacial score (nSPS) is 16.6. The Kier molecular flexibility index (Phi) is 8.51. The van der Waals surface area contributed by atoms with E-state index in [1.54, 1.807) is 48.4 Å². The van der Waals surface area contributed by atoms with Crippen LogP contribution in [0.3, 0.4) is 0 Å². The predicted molar refractivity (Wildman–Crippen MR) is 144 cm³/mol. The summed E-state index contributed by atoms with van der Waals surface area (Å²) in [5.41, 5.74) is 2.20. The Labute approximate surface area is 219 Å². The number of nitrogens with zero attached hydrogens (tertiary/aromatic N) is 2. The number of ether oxygens (including phenoxy) is 2. The Bertz CT molecular complexity index is 1230. The van der Waals surface area contributed by atoms with Crippen LogP contribution < -0.4 is 14.8 Å². The minimum Gasteiger partial charge on any atom is -0.497 e. The third-order valence-corrected chi connectivity index (χ3v) is 6.86. The second kappa shape index (κ2) is 12.0. The van der Waals surface area contributed by atoms with Crippen molar-refractivity contribution in [2.75, 3.05) is 19.0 Å². The molecule has 36 heavy (non-hydrogen) atoms. The molecule has 1 aliphatic rings. The van der Waals surface area contributed by atoms with Crippen molar-refractivity contribution in [3.05, 3.63) is 83.4 Å². The van der Waals surface area contributed by atoms with Gasteiger partial charge in [0.25, 0.3) is 0 Å². The van der Waals surface area contributed by atoms with E-state index < -0.39 is 5.25 Å². The second-order valence-corrected chi connectivity index (χ2v) is 9.56. The number of amidine groups is 1. The summed E-state index contributed by atoms with van der Waals surface area (Å²) in [6, 6.07) is 21.7. The summed E-state index contributed by atoms with van der Waals surface area (Å²) in [6.45, 7) is 2.81. The molecule has 3 aromatic rings. The summed E-state index contributed by atoms with van der Waals surface area (Å²) in [7, 11) is 1.58. The van der Waals surface area contributed by atoms with Crippen molar-refractivity contribution in [1.82, 2.24) is 4.90 Å². The number of hydrogen-bond donors (Lipinski definition) is 1. The van der Waals surface area contributed by atoms with Crippen molar-refractivity contribution in [1.29, 1.82) is 0 Å². The molecule has 186 valence electrons. The van der Waals surface area contributed by atoms with Gasteiger partial charge in [0.2, 0.25) is 11.8 Å². The number of methoxy groups -OCH3 is 1. The van der Waals surface area contributed by atoms with Crippen molar-refractivity contribution in [3.8, 4) is 11.5 Å². The molecule has 3 aromatic carbocycles. The Morgan fingerprint density at radius 1 is 1.06 bits per heavy atom. The van der Waals surface area contributed by atoms with Crippen LogP contribution in [0.2, 0.25) is 5.02 Å². The molecule has 1 atom stereocenters. The van der Waals surface area contributed by atoms with E-state index in [9.17, 15) is 9.59 Å². The summed E-state index contributed by atoms with van der Waals surface area (Å²) >= 11 is 7.29. The summed E-state index contributed by atoms with van der Waals surface area (Å²) in [6.07, 6.45) is 0.0581. The molecule has 7 nitrogen and oxygen atoms in total. The van der Waals surface area contributed by atoms with E-state index in [4.69, 9.17) is 26.1 Å². The van der Waals surface area contributed by atoms with Gasteiger partial charge in [0.15, 0.2) is 5.17 Å². The largest absolute Gasteiger partial charge is 0.497 e. The van der Waals surface area contributed by atoms with Crippen molar-refractivity contribution >= 4 is 51.7 Å². The molecule has 1 saturated heterocycles. The highest BCUT2D eigenvalue weighted by Crippen LogP contribution is 2.32. The smallest absolute Gasteiger partial charge is 0.238 e. The zero-order valence-corrected chi connectivity index (χ0v) is 21.5. The molecule has 1 N–H and O–H groups in total. The maximum absolute atomic E-state index is 13.2. The number of anilines is 1. The molecule has 0 aliphatic carbocycles. The lowest BCUT2D eigenvalue weighted by molar-refractivity contribution is -0.129. The number of amides is 2. The monoisotopic (exact) mass is 523 g/mol. The highest BCUT2D eigenvalue weighted by molar-refractivity contribution is 8.15. The topological polar surface area (TPSA) is 80.2 Å². The molecular weight excluding hydrogens is 498 g/mol. The van der Waals surface area contributed by atoms with Gasteiger partial charge >= 0.3 is 0 Å². The SMILES string of the molecule is CCOc1ccc(N=C2S[C@@H](C(=O)Nc3ccc(OC)cc3)CC(=O)N2Cc2ccc(Cl)cc2)cc1. The Morgan fingerprint density at radius 2 is 1.72 bits per heavy atom. The van der Waals surface area contributed by atoms with E-state index in [1.165, 1.54) is 11.8 Å². The molecule has 0 saturated carbocycles. The summed E-state index contributed by atoms with van der Waals surface area (Å²) < 4.78 is 10.7. The third-order valence-electron chi connectivity index (χ3n) is 5.42. The van der Waals surface area contributed by atoms with E-state index in [0.717, 1.165) is 11.3 Å². The van der Waals surface area contributed by atoms with Gasteiger partial charge in [0.05, 0.1) is 25.9 Å². The van der Waals surface area contributed by atoms with Crippen molar-refractivity contribution < 1.29 is 19.1 Å². The van der Waals surface area contributed by atoms with Crippen LogP contribution in [0.15, 0.2) is 77.8 Å². The van der Waals surface area contributed by atoms with Gasteiger partial charge in [0, 0.05) is 17.1 Å². The number of thioether (sulfide) groups is 1. The van der Waals surface area contributed by atoms with Crippen LogP contribution in [0.5, 0.6) is 11.5 Å². The van der Waals surface area contributed by atoms with Crippen molar-refractivity contribution in [2.24, 2.45) is 4.99 Å². The molecule has 0 unspecified atom stereocenters. The molecule has 4 rings (SSSR count). The molecule has 2 amide bonds. The molecule has 0 spiro atoms. The van der Waals surface area contributed by atoms with E-state index in [0.29, 0.717) is 40.5 Å². The first-order valence-corrected chi connectivity index (χ1v) is 12.7. The zero-order valence-electron chi connectivity index (χ0n) is 19.9. The lowest BCUT2D eigenvalue weighted by Crippen LogP contribution is -2.44. The van der Waals surface area contributed by atoms with Crippen LogP contribution in [0.25, 0.3) is 0 Å².